The predicted molar refractivity (Wildman–Crippen MR) is 171 cm³/mol. The van der Waals surface area contributed by atoms with Gasteiger partial charge >= 0.3 is 11.9 Å². The van der Waals surface area contributed by atoms with E-state index >= 15 is 0 Å². The summed E-state index contributed by atoms with van der Waals surface area (Å²) in [5.41, 5.74) is 2.29. The Balaban J connectivity index is 0.000000756. The molecule has 0 heterocycles. The molecule has 0 amide bonds. The number of hydrogen-bond acceptors (Lipinski definition) is 8. The Labute approximate surface area is 253 Å². The van der Waals surface area contributed by atoms with E-state index in [0.717, 1.165) is 22.3 Å². The Kier molecular flexibility index (Phi) is 13.8. The van der Waals surface area contributed by atoms with Crippen LogP contribution >= 0.6 is 0 Å². The van der Waals surface area contributed by atoms with E-state index in [9.17, 15) is 19.8 Å². The van der Waals surface area contributed by atoms with E-state index in [1.165, 1.54) is 0 Å². The van der Waals surface area contributed by atoms with Gasteiger partial charge in [-0.1, -0.05) is 96.9 Å². The molecule has 8 nitrogen and oxygen atoms in total. The quantitative estimate of drug-likeness (QED) is 0.125. The fourth-order valence-corrected chi connectivity index (χ4v) is 4.03. The smallest absolute Gasteiger partial charge is 0.310 e. The van der Waals surface area contributed by atoms with Gasteiger partial charge in [0, 0.05) is 35.1 Å². The van der Waals surface area contributed by atoms with Gasteiger partial charge in [-0.25, -0.2) is 0 Å². The van der Waals surface area contributed by atoms with Gasteiger partial charge in [0.25, 0.3) is 0 Å². The van der Waals surface area contributed by atoms with E-state index in [-0.39, 0.29) is 33.6 Å². The molecule has 0 bridgehead atoms. The summed E-state index contributed by atoms with van der Waals surface area (Å²) in [5.74, 6) is 9.06. The van der Waals surface area contributed by atoms with Crippen LogP contribution in [0.15, 0.2) is 24.3 Å². The highest BCUT2D eigenvalue weighted by Crippen LogP contribution is 2.43. The zero-order valence-corrected chi connectivity index (χ0v) is 28.4. The average Bonchev–Trinajstić information content (AvgIpc) is 2.84. The molecule has 0 fully saturated rings. The molecule has 0 saturated carbocycles. The van der Waals surface area contributed by atoms with Crippen molar-refractivity contribution in [2.45, 2.75) is 131 Å². The maximum Gasteiger partial charge on any atom is 0.310 e. The second kappa shape index (κ2) is 14.9. The van der Waals surface area contributed by atoms with Crippen molar-refractivity contribution in [1.29, 1.82) is 0 Å². The Hall–Kier alpha value is -3.10. The van der Waals surface area contributed by atoms with Crippen LogP contribution in [0, 0.1) is 0 Å². The minimum absolute atomic E-state index is 0.223. The summed E-state index contributed by atoms with van der Waals surface area (Å²) in [6.45, 7) is 27.9. The van der Waals surface area contributed by atoms with Crippen LogP contribution in [0.25, 0.3) is 0 Å². The van der Waals surface area contributed by atoms with Gasteiger partial charge in [0.05, 0.1) is 0 Å². The molecule has 0 aliphatic heterocycles. The van der Waals surface area contributed by atoms with Crippen LogP contribution in [0.2, 0.25) is 0 Å². The lowest BCUT2D eigenvalue weighted by atomic mass is 9.79. The van der Waals surface area contributed by atoms with Crippen molar-refractivity contribution in [3.63, 3.8) is 0 Å². The molecule has 0 atom stereocenters. The van der Waals surface area contributed by atoms with Crippen molar-refractivity contribution >= 4 is 11.9 Å². The second-order valence-electron chi connectivity index (χ2n) is 14.4. The molecule has 238 valence electrons. The third-order valence-corrected chi connectivity index (χ3v) is 6.44. The minimum atomic E-state index is -0.268. The number of aromatic hydroxyl groups is 2. The van der Waals surface area contributed by atoms with E-state index in [2.05, 4.69) is 11.7 Å². The van der Waals surface area contributed by atoms with Crippen molar-refractivity contribution < 1.29 is 29.3 Å². The number of nitrogens with two attached hydrogens (primary N) is 2. The lowest BCUT2D eigenvalue weighted by molar-refractivity contribution is -0.134. The molecule has 2 aromatic rings. The van der Waals surface area contributed by atoms with Crippen LogP contribution in [0.1, 0.15) is 132 Å². The fourth-order valence-electron chi connectivity index (χ4n) is 4.03. The first-order valence-electron chi connectivity index (χ1n) is 14.4. The molecule has 6 N–H and O–H groups in total. The molecule has 0 aliphatic carbocycles. The first kappa shape index (κ1) is 38.9. The van der Waals surface area contributed by atoms with Crippen molar-refractivity contribution in [2.24, 2.45) is 11.7 Å². The number of esters is 2. The molecule has 8 heteroatoms. The Bertz CT molecular complexity index is 1040. The lowest BCUT2D eigenvalue weighted by Gasteiger charge is -2.27. The Morgan fingerprint density at radius 2 is 0.738 bits per heavy atom. The summed E-state index contributed by atoms with van der Waals surface area (Å²) in [7, 11) is 0. The van der Waals surface area contributed by atoms with Gasteiger partial charge in [0.2, 0.25) is 0 Å². The molecule has 0 aromatic heterocycles. The average molecular weight is 589 g/mol. The lowest BCUT2D eigenvalue weighted by Crippen LogP contribution is -2.18. The zero-order valence-electron chi connectivity index (χ0n) is 28.4. The number of ether oxygens (including phenoxy) is 2. The van der Waals surface area contributed by atoms with E-state index < -0.39 is 0 Å². The van der Waals surface area contributed by atoms with Crippen LogP contribution < -0.4 is 21.2 Å². The molecule has 0 aliphatic rings. The number of carbonyl (C=O) groups is 2. The summed E-state index contributed by atoms with van der Waals surface area (Å²) >= 11 is 0. The normalized spacial score (nSPS) is 11.9. The SMILES string of the molecule is CCC(=O)Oc1cc(C(C)(C)C)c(O)c(C(C)(C)C)c1.CCC(=O)Oc1cc(C(C)(C)C)c(O)c(C(C)(C)C)c1.NN. The zero-order chi connectivity index (χ0) is 33.4. The standard InChI is InChI=1S/2C17H26O3.H4N2/c2*1-8-14(18)20-11-9-12(16(2,3)4)15(19)13(10-11)17(5,6)7;1-2/h2*9-10,19H,8H2,1-7H3;1-2H2. The summed E-state index contributed by atoms with van der Waals surface area (Å²) in [6, 6.07) is 7.05. The number of phenolic OH excluding ortho intramolecular Hbond substituents is 2. The number of benzene rings is 2. The molecule has 0 radical (unpaired) electrons. The molecule has 0 unspecified atom stereocenters. The molecule has 2 aromatic carbocycles. The van der Waals surface area contributed by atoms with Crippen molar-refractivity contribution in [3.05, 3.63) is 46.5 Å². The first-order valence-corrected chi connectivity index (χ1v) is 14.4. The van der Waals surface area contributed by atoms with Gasteiger partial charge in [0.1, 0.15) is 23.0 Å². The van der Waals surface area contributed by atoms with E-state index in [1.54, 1.807) is 38.1 Å². The van der Waals surface area contributed by atoms with E-state index in [4.69, 9.17) is 9.47 Å². The first-order chi connectivity index (χ1) is 18.9. The van der Waals surface area contributed by atoms with Crippen LogP contribution in [-0.4, -0.2) is 22.2 Å². The summed E-state index contributed by atoms with van der Waals surface area (Å²) in [4.78, 5) is 23.0. The highest BCUT2D eigenvalue weighted by atomic mass is 16.5. The van der Waals surface area contributed by atoms with Gasteiger partial charge in [-0.05, 0) is 45.9 Å². The third kappa shape index (κ3) is 11.3. The van der Waals surface area contributed by atoms with Crippen LogP contribution in [0.5, 0.6) is 23.0 Å². The Morgan fingerprint density at radius 1 is 0.548 bits per heavy atom. The molecule has 42 heavy (non-hydrogen) atoms. The number of carbonyl (C=O) groups excluding carboxylic acids is 2. The predicted octanol–water partition coefficient (Wildman–Crippen LogP) is 7.42. The van der Waals surface area contributed by atoms with Gasteiger partial charge in [-0.2, -0.15) is 0 Å². The van der Waals surface area contributed by atoms with Gasteiger partial charge < -0.3 is 19.7 Å². The number of phenols is 2. The number of hydrazine groups is 1. The summed E-state index contributed by atoms with van der Waals surface area (Å²) < 4.78 is 10.7. The maximum atomic E-state index is 11.5. The fraction of sp³-hybridized carbons (Fsp3) is 0.588. The van der Waals surface area contributed by atoms with Crippen LogP contribution in [-0.2, 0) is 31.2 Å². The van der Waals surface area contributed by atoms with Crippen molar-refractivity contribution in [2.75, 3.05) is 0 Å². The summed E-state index contributed by atoms with van der Waals surface area (Å²) in [6.07, 6.45) is 0.660. The molecule has 0 spiro atoms. The largest absolute Gasteiger partial charge is 0.507 e. The topological polar surface area (TPSA) is 145 Å². The monoisotopic (exact) mass is 588 g/mol. The third-order valence-electron chi connectivity index (χ3n) is 6.44. The highest BCUT2D eigenvalue weighted by Gasteiger charge is 2.28. The maximum absolute atomic E-state index is 11.5. The highest BCUT2D eigenvalue weighted by molar-refractivity contribution is 5.73. The molecule has 2 rings (SSSR count). The van der Waals surface area contributed by atoms with Gasteiger partial charge in [0.15, 0.2) is 0 Å². The summed E-state index contributed by atoms with van der Waals surface area (Å²) in [5, 5.41) is 21.1. The van der Waals surface area contributed by atoms with Crippen molar-refractivity contribution in [3.8, 4) is 23.0 Å². The van der Waals surface area contributed by atoms with Crippen LogP contribution in [0.3, 0.4) is 0 Å². The minimum Gasteiger partial charge on any atom is -0.507 e. The van der Waals surface area contributed by atoms with E-state index in [0.29, 0.717) is 35.8 Å². The number of hydrogen-bond donors (Lipinski definition) is 4. The Morgan fingerprint density at radius 3 is 0.881 bits per heavy atom. The van der Waals surface area contributed by atoms with Crippen LogP contribution in [0.4, 0.5) is 0 Å². The molecule has 0 saturated heterocycles. The van der Waals surface area contributed by atoms with E-state index in [1.807, 2.05) is 83.1 Å². The molecular weight excluding hydrogens is 532 g/mol. The van der Waals surface area contributed by atoms with Gasteiger partial charge in [-0.3, -0.25) is 21.3 Å². The number of rotatable bonds is 4. The van der Waals surface area contributed by atoms with Gasteiger partial charge in [-0.15, -0.1) is 0 Å². The second-order valence-corrected chi connectivity index (χ2v) is 14.4. The molecular formula is C34H56N2O6. The van der Waals surface area contributed by atoms with Crippen molar-refractivity contribution in [1.82, 2.24) is 0 Å².